The molecule has 9 heteroatoms. The number of nitrogens with one attached hydrogen (secondary N) is 1. The zero-order valence-corrected chi connectivity index (χ0v) is 17.4. The summed E-state index contributed by atoms with van der Waals surface area (Å²) >= 11 is 4.96. The third kappa shape index (κ3) is 5.19. The number of aromatic nitrogens is 2. The van der Waals surface area contributed by atoms with Crippen molar-refractivity contribution in [2.24, 2.45) is 5.10 Å². The molecule has 0 atom stereocenters. The molecule has 0 unspecified atom stereocenters. The number of halogens is 4. The minimum atomic E-state index is -0.797. The Hall–Kier alpha value is -2.14. The van der Waals surface area contributed by atoms with Gasteiger partial charge in [-0.1, -0.05) is 30.3 Å². The molecule has 1 heterocycles. The molecular weight excluding hydrogens is 533 g/mol. The molecule has 0 amide bonds. The number of anilines is 1. The molecule has 27 heavy (non-hydrogen) atoms. The predicted octanol–water partition coefficient (Wildman–Crippen LogP) is 5.15. The van der Waals surface area contributed by atoms with Crippen molar-refractivity contribution in [3.05, 3.63) is 79.7 Å². The molecule has 0 fully saturated rings. The summed E-state index contributed by atoms with van der Waals surface area (Å²) < 4.78 is 35.0. The zero-order chi connectivity index (χ0) is 19.2. The first kappa shape index (κ1) is 19.6. The number of nitrogens with zero attached hydrogens (tertiary/aromatic N) is 3. The molecule has 0 aliphatic heterocycles. The van der Waals surface area contributed by atoms with Gasteiger partial charge in [-0.05, 0) is 50.2 Å². The van der Waals surface area contributed by atoms with E-state index in [1.54, 1.807) is 22.6 Å². The number of benzene rings is 2. The van der Waals surface area contributed by atoms with Crippen LogP contribution in [0.5, 0.6) is 5.75 Å². The Morgan fingerprint density at radius 3 is 2.67 bits per heavy atom. The molecule has 2 aromatic carbocycles. The zero-order valence-electron chi connectivity index (χ0n) is 13.7. The molecule has 0 spiro atoms. The van der Waals surface area contributed by atoms with Crippen LogP contribution in [0.15, 0.2) is 58.5 Å². The molecule has 0 saturated carbocycles. The fourth-order valence-corrected chi connectivity index (χ4v) is 2.84. The van der Waals surface area contributed by atoms with Crippen molar-refractivity contribution in [1.82, 2.24) is 9.97 Å². The molecule has 5 nitrogen and oxygen atoms in total. The van der Waals surface area contributed by atoms with E-state index in [2.05, 4.69) is 36.4 Å². The van der Waals surface area contributed by atoms with Gasteiger partial charge in [-0.15, -0.1) is 0 Å². The van der Waals surface area contributed by atoms with Gasteiger partial charge in [0.2, 0.25) is 0 Å². The Bertz CT molecular complexity index is 956. The lowest BCUT2D eigenvalue weighted by molar-refractivity contribution is 0.273. The lowest BCUT2D eigenvalue weighted by Crippen LogP contribution is -2.04. The van der Waals surface area contributed by atoms with Crippen molar-refractivity contribution in [2.45, 2.75) is 6.61 Å². The Morgan fingerprint density at radius 1 is 1.19 bits per heavy atom. The molecule has 1 aromatic heterocycles. The van der Waals surface area contributed by atoms with Crippen LogP contribution in [0.2, 0.25) is 0 Å². The summed E-state index contributed by atoms with van der Waals surface area (Å²) in [6, 6.07) is 10.3. The monoisotopic (exact) mass is 544 g/mol. The van der Waals surface area contributed by atoms with Gasteiger partial charge in [-0.3, -0.25) is 5.43 Å². The average molecular weight is 545 g/mol. The van der Waals surface area contributed by atoms with E-state index in [-0.39, 0.29) is 15.7 Å². The first-order valence-electron chi connectivity index (χ1n) is 7.65. The summed E-state index contributed by atoms with van der Waals surface area (Å²) in [6.45, 7) is 0.0714. The van der Waals surface area contributed by atoms with E-state index in [9.17, 15) is 8.78 Å². The van der Waals surface area contributed by atoms with Crippen LogP contribution in [0.3, 0.4) is 0 Å². The highest BCUT2D eigenvalue weighted by Crippen LogP contribution is 2.29. The maximum Gasteiger partial charge on any atom is 0.192 e. The molecule has 0 bridgehead atoms. The Kier molecular flexibility index (Phi) is 6.67. The van der Waals surface area contributed by atoms with E-state index >= 15 is 0 Å². The second kappa shape index (κ2) is 9.18. The number of hydrogen-bond acceptors (Lipinski definition) is 5. The van der Waals surface area contributed by atoms with E-state index in [0.29, 0.717) is 10.4 Å². The van der Waals surface area contributed by atoms with E-state index in [4.69, 9.17) is 4.74 Å². The third-order valence-electron chi connectivity index (χ3n) is 3.37. The van der Waals surface area contributed by atoms with Gasteiger partial charge in [0.15, 0.2) is 23.2 Å². The number of ether oxygens (including phenoxy) is 1. The van der Waals surface area contributed by atoms with Crippen LogP contribution in [0.1, 0.15) is 11.1 Å². The van der Waals surface area contributed by atoms with Gasteiger partial charge in [0.05, 0.1) is 22.2 Å². The normalized spacial score (nSPS) is 11.0. The van der Waals surface area contributed by atoms with Crippen LogP contribution < -0.4 is 10.2 Å². The van der Waals surface area contributed by atoms with Gasteiger partial charge in [0.25, 0.3) is 0 Å². The first-order chi connectivity index (χ1) is 13.0. The fraction of sp³-hybridized carbons (Fsp3) is 0.0556. The van der Waals surface area contributed by atoms with Crippen molar-refractivity contribution in [2.75, 3.05) is 5.43 Å². The fourth-order valence-electron chi connectivity index (χ4n) is 2.09. The van der Waals surface area contributed by atoms with Gasteiger partial charge in [-0.25, -0.2) is 18.7 Å². The molecule has 3 aromatic rings. The Labute approximate surface area is 176 Å². The summed E-state index contributed by atoms with van der Waals surface area (Å²) in [5, 5.41) is 3.94. The molecule has 3 rings (SSSR count). The maximum atomic E-state index is 14.5. The highest BCUT2D eigenvalue weighted by molar-refractivity contribution is 14.1. The summed E-state index contributed by atoms with van der Waals surface area (Å²) in [7, 11) is 0. The summed E-state index contributed by atoms with van der Waals surface area (Å²) in [5.41, 5.74) is 3.73. The van der Waals surface area contributed by atoms with Crippen LogP contribution in [-0.2, 0) is 6.61 Å². The molecular formula is C18H12BrF2IN4O. The third-order valence-corrected chi connectivity index (χ3v) is 4.88. The molecule has 0 aliphatic carbocycles. The summed E-state index contributed by atoms with van der Waals surface area (Å²) in [4.78, 5) is 8.02. The van der Waals surface area contributed by atoms with E-state index in [0.717, 1.165) is 5.56 Å². The van der Waals surface area contributed by atoms with E-state index < -0.39 is 17.4 Å². The Balaban J connectivity index is 1.73. The van der Waals surface area contributed by atoms with E-state index in [1.807, 2.05) is 30.3 Å². The van der Waals surface area contributed by atoms with Crippen LogP contribution in [-0.4, -0.2) is 16.2 Å². The standard InChI is InChI=1S/C18H12BrF2IN4O/c19-14-8-24-15(9-23-14)26-25-7-12-6-13(20)18(16(21)17(12)22)27-10-11-4-2-1-3-5-11/h1-9H,10H2,(H,24,26). The van der Waals surface area contributed by atoms with Crippen LogP contribution in [0, 0.1) is 15.2 Å². The van der Waals surface area contributed by atoms with Crippen molar-refractivity contribution in [1.29, 1.82) is 0 Å². The van der Waals surface area contributed by atoms with Crippen molar-refractivity contribution >= 4 is 50.6 Å². The van der Waals surface area contributed by atoms with Crippen molar-refractivity contribution in [3.63, 3.8) is 0 Å². The van der Waals surface area contributed by atoms with Gasteiger partial charge in [-0.2, -0.15) is 5.10 Å². The lowest BCUT2D eigenvalue weighted by Gasteiger charge is -2.11. The highest BCUT2D eigenvalue weighted by atomic mass is 127. The average Bonchev–Trinajstić information content (AvgIpc) is 2.68. The molecule has 138 valence electrons. The number of hydrazone groups is 1. The van der Waals surface area contributed by atoms with Gasteiger partial charge < -0.3 is 4.74 Å². The Morgan fingerprint density at radius 2 is 1.96 bits per heavy atom. The number of hydrogen-bond donors (Lipinski definition) is 1. The summed E-state index contributed by atoms with van der Waals surface area (Å²) in [6.07, 6.45) is 4.27. The van der Waals surface area contributed by atoms with Crippen LogP contribution in [0.25, 0.3) is 0 Å². The SMILES string of the molecule is Fc1cc(C=NNc2cnc(Br)cn2)c(I)c(F)c1OCc1ccccc1. The van der Waals surface area contributed by atoms with Crippen LogP contribution in [0.4, 0.5) is 14.6 Å². The van der Waals surface area contributed by atoms with Gasteiger partial charge in [0, 0.05) is 5.56 Å². The van der Waals surface area contributed by atoms with E-state index in [1.165, 1.54) is 24.7 Å². The minimum absolute atomic E-state index is 0.0714. The van der Waals surface area contributed by atoms with Gasteiger partial charge >= 0.3 is 0 Å². The largest absolute Gasteiger partial charge is 0.483 e. The quantitative estimate of drug-likeness (QED) is 0.202. The molecule has 0 radical (unpaired) electrons. The molecule has 1 N–H and O–H groups in total. The smallest absolute Gasteiger partial charge is 0.192 e. The topological polar surface area (TPSA) is 59.4 Å². The van der Waals surface area contributed by atoms with Crippen molar-refractivity contribution < 1.29 is 13.5 Å². The van der Waals surface area contributed by atoms with Crippen LogP contribution >= 0.6 is 38.5 Å². The lowest BCUT2D eigenvalue weighted by atomic mass is 10.2. The predicted molar refractivity (Wildman–Crippen MR) is 111 cm³/mol. The second-order valence-electron chi connectivity index (χ2n) is 5.27. The number of rotatable bonds is 6. The maximum absolute atomic E-state index is 14.5. The molecule has 0 saturated heterocycles. The minimum Gasteiger partial charge on any atom is -0.483 e. The second-order valence-corrected chi connectivity index (χ2v) is 7.16. The van der Waals surface area contributed by atoms with Gasteiger partial charge in [0.1, 0.15) is 11.2 Å². The first-order valence-corrected chi connectivity index (χ1v) is 9.52. The highest BCUT2D eigenvalue weighted by Gasteiger charge is 2.18. The van der Waals surface area contributed by atoms with Crippen molar-refractivity contribution in [3.8, 4) is 5.75 Å². The summed E-state index contributed by atoms with van der Waals surface area (Å²) in [5.74, 6) is -1.58. The molecule has 0 aliphatic rings.